The Balaban J connectivity index is 2.11. The summed E-state index contributed by atoms with van der Waals surface area (Å²) < 4.78 is 0. The predicted molar refractivity (Wildman–Crippen MR) is 47.6 cm³/mol. The Hall–Kier alpha value is -0.220. The summed E-state index contributed by atoms with van der Waals surface area (Å²) in [5.74, 6) is 1.17. The molecular formula is C7H14N2OS. The molecule has 0 saturated carbocycles. The molecule has 0 spiro atoms. The zero-order valence-electron chi connectivity index (χ0n) is 6.75. The minimum Gasteiger partial charge on any atom is -0.339 e. The smallest absolute Gasteiger partial charge is 0.223 e. The summed E-state index contributed by atoms with van der Waals surface area (Å²) in [7, 11) is 0. The molecule has 0 atom stereocenters. The summed E-state index contributed by atoms with van der Waals surface area (Å²) in [5.41, 5.74) is 5.54. The van der Waals surface area contributed by atoms with Crippen molar-refractivity contribution in [3.63, 3.8) is 0 Å². The summed E-state index contributed by atoms with van der Waals surface area (Å²) in [5, 5.41) is 0. The van der Waals surface area contributed by atoms with E-state index in [-0.39, 0.29) is 11.9 Å². The molecule has 0 bridgehead atoms. The van der Waals surface area contributed by atoms with Crippen LogP contribution in [-0.2, 0) is 4.79 Å². The molecule has 1 aliphatic rings. The molecule has 64 valence electrons. The van der Waals surface area contributed by atoms with Gasteiger partial charge in [0.1, 0.15) is 0 Å². The van der Waals surface area contributed by atoms with E-state index in [1.807, 2.05) is 11.2 Å². The minimum absolute atomic E-state index is 0.230. The van der Waals surface area contributed by atoms with Crippen LogP contribution in [0.25, 0.3) is 0 Å². The van der Waals surface area contributed by atoms with Gasteiger partial charge in [-0.3, -0.25) is 4.79 Å². The zero-order chi connectivity index (χ0) is 8.27. The molecule has 2 N–H and O–H groups in total. The Morgan fingerprint density at radius 2 is 2.36 bits per heavy atom. The van der Waals surface area contributed by atoms with Crippen molar-refractivity contribution in [3.05, 3.63) is 0 Å². The number of hydrogen-bond donors (Lipinski definition) is 1. The van der Waals surface area contributed by atoms with Gasteiger partial charge in [0.2, 0.25) is 5.91 Å². The van der Waals surface area contributed by atoms with Crippen LogP contribution < -0.4 is 5.73 Å². The molecule has 0 radical (unpaired) electrons. The van der Waals surface area contributed by atoms with E-state index in [2.05, 4.69) is 0 Å². The Morgan fingerprint density at radius 1 is 1.73 bits per heavy atom. The normalized spacial score (nSPS) is 18.2. The first-order valence-corrected chi connectivity index (χ1v) is 5.15. The maximum absolute atomic E-state index is 11.2. The molecule has 0 aliphatic carbocycles. The first-order chi connectivity index (χ1) is 5.24. The Kier molecular flexibility index (Phi) is 3.20. The van der Waals surface area contributed by atoms with Crippen molar-refractivity contribution in [2.75, 3.05) is 25.1 Å². The lowest BCUT2D eigenvalue weighted by molar-refractivity contribution is -0.134. The highest BCUT2D eigenvalue weighted by Gasteiger charge is 2.26. The fraction of sp³-hybridized carbons (Fsp3) is 0.857. The van der Waals surface area contributed by atoms with Crippen LogP contribution >= 0.6 is 11.8 Å². The van der Waals surface area contributed by atoms with Gasteiger partial charge in [-0.25, -0.2) is 0 Å². The molecule has 11 heavy (non-hydrogen) atoms. The Morgan fingerprint density at radius 3 is 2.82 bits per heavy atom. The minimum atomic E-state index is 0.230. The fourth-order valence-corrected chi connectivity index (χ4v) is 1.44. The number of carbonyl (C=O) groups is 1. The molecule has 3 nitrogen and oxygen atoms in total. The third-order valence-corrected chi connectivity index (χ3v) is 2.39. The van der Waals surface area contributed by atoms with Gasteiger partial charge >= 0.3 is 0 Å². The standard InChI is InChI=1S/C7H14N2OS/c1-11-3-2-7(10)9-4-6(8)5-9/h6H,2-5,8H2,1H3. The van der Waals surface area contributed by atoms with E-state index in [1.54, 1.807) is 11.8 Å². The number of hydrogen-bond acceptors (Lipinski definition) is 3. The molecule has 1 saturated heterocycles. The van der Waals surface area contributed by atoms with E-state index in [4.69, 9.17) is 5.73 Å². The first kappa shape index (κ1) is 8.87. The zero-order valence-corrected chi connectivity index (χ0v) is 7.56. The number of thioether (sulfide) groups is 1. The summed E-state index contributed by atoms with van der Waals surface area (Å²) in [6.07, 6.45) is 2.67. The number of nitrogens with two attached hydrogens (primary N) is 1. The van der Waals surface area contributed by atoms with Gasteiger partial charge in [-0.1, -0.05) is 0 Å². The van der Waals surface area contributed by atoms with Crippen LogP contribution in [-0.4, -0.2) is 41.9 Å². The lowest BCUT2D eigenvalue weighted by atomic mass is 10.1. The van der Waals surface area contributed by atoms with Gasteiger partial charge in [0.05, 0.1) is 0 Å². The number of rotatable bonds is 3. The summed E-state index contributed by atoms with van der Waals surface area (Å²) in [6.45, 7) is 1.51. The highest BCUT2D eigenvalue weighted by Crippen LogP contribution is 2.08. The number of nitrogens with zero attached hydrogens (tertiary/aromatic N) is 1. The maximum Gasteiger partial charge on any atom is 0.223 e. The van der Waals surface area contributed by atoms with E-state index < -0.39 is 0 Å². The average Bonchev–Trinajstić information content (AvgIpc) is 1.94. The van der Waals surface area contributed by atoms with E-state index in [1.165, 1.54) is 0 Å². The molecule has 1 aliphatic heterocycles. The number of amides is 1. The van der Waals surface area contributed by atoms with Crippen LogP contribution in [0.15, 0.2) is 0 Å². The molecule has 0 aromatic rings. The molecule has 0 aromatic heterocycles. The lowest BCUT2D eigenvalue weighted by Gasteiger charge is -2.36. The van der Waals surface area contributed by atoms with Crippen LogP contribution in [0.3, 0.4) is 0 Å². The van der Waals surface area contributed by atoms with E-state index in [0.717, 1.165) is 18.8 Å². The van der Waals surface area contributed by atoms with E-state index >= 15 is 0 Å². The predicted octanol–water partition coefficient (Wildman–Crippen LogP) is -0.0910. The third-order valence-electron chi connectivity index (χ3n) is 1.78. The highest BCUT2D eigenvalue weighted by atomic mass is 32.2. The monoisotopic (exact) mass is 174 g/mol. The maximum atomic E-state index is 11.2. The quantitative estimate of drug-likeness (QED) is 0.650. The number of likely N-dealkylation sites (tertiary alicyclic amines) is 1. The third kappa shape index (κ3) is 2.38. The van der Waals surface area contributed by atoms with Crippen molar-refractivity contribution < 1.29 is 4.79 Å². The Labute approximate surface area is 71.3 Å². The van der Waals surface area contributed by atoms with Crippen LogP contribution in [0.4, 0.5) is 0 Å². The largest absolute Gasteiger partial charge is 0.339 e. The van der Waals surface area contributed by atoms with Crippen LogP contribution in [0.2, 0.25) is 0 Å². The summed E-state index contributed by atoms with van der Waals surface area (Å²) >= 11 is 1.70. The van der Waals surface area contributed by atoms with Crippen molar-refractivity contribution in [3.8, 4) is 0 Å². The second-order valence-electron chi connectivity index (χ2n) is 2.80. The summed E-state index contributed by atoms with van der Waals surface area (Å²) in [6, 6.07) is 0.230. The van der Waals surface area contributed by atoms with Gasteiger partial charge < -0.3 is 10.6 Å². The lowest BCUT2D eigenvalue weighted by Crippen LogP contribution is -2.57. The molecule has 0 unspecified atom stereocenters. The van der Waals surface area contributed by atoms with E-state index in [0.29, 0.717) is 6.42 Å². The SMILES string of the molecule is CSCCC(=O)N1CC(N)C1. The topological polar surface area (TPSA) is 46.3 Å². The number of carbonyl (C=O) groups excluding carboxylic acids is 1. The summed E-state index contributed by atoms with van der Waals surface area (Å²) in [4.78, 5) is 13.0. The van der Waals surface area contributed by atoms with Crippen molar-refractivity contribution in [1.29, 1.82) is 0 Å². The molecule has 4 heteroatoms. The van der Waals surface area contributed by atoms with Crippen LogP contribution in [0.1, 0.15) is 6.42 Å². The van der Waals surface area contributed by atoms with Gasteiger partial charge in [-0.2, -0.15) is 11.8 Å². The highest BCUT2D eigenvalue weighted by molar-refractivity contribution is 7.98. The fourth-order valence-electron chi connectivity index (χ4n) is 1.06. The van der Waals surface area contributed by atoms with Gasteiger partial charge in [0, 0.05) is 31.3 Å². The first-order valence-electron chi connectivity index (χ1n) is 3.76. The molecule has 1 heterocycles. The van der Waals surface area contributed by atoms with Crippen LogP contribution in [0.5, 0.6) is 0 Å². The molecule has 1 rings (SSSR count). The average molecular weight is 174 g/mol. The van der Waals surface area contributed by atoms with Crippen molar-refractivity contribution in [2.24, 2.45) is 5.73 Å². The molecule has 0 aromatic carbocycles. The van der Waals surface area contributed by atoms with E-state index in [9.17, 15) is 4.79 Å². The van der Waals surface area contributed by atoms with Crippen molar-refractivity contribution >= 4 is 17.7 Å². The van der Waals surface area contributed by atoms with Gasteiger partial charge in [0.15, 0.2) is 0 Å². The van der Waals surface area contributed by atoms with Gasteiger partial charge in [0.25, 0.3) is 0 Å². The second-order valence-corrected chi connectivity index (χ2v) is 3.79. The van der Waals surface area contributed by atoms with Gasteiger partial charge in [-0.05, 0) is 6.26 Å². The van der Waals surface area contributed by atoms with Gasteiger partial charge in [-0.15, -0.1) is 0 Å². The second kappa shape index (κ2) is 3.97. The van der Waals surface area contributed by atoms with Crippen molar-refractivity contribution in [2.45, 2.75) is 12.5 Å². The molecular weight excluding hydrogens is 160 g/mol. The Bertz CT molecular complexity index is 145. The van der Waals surface area contributed by atoms with Crippen molar-refractivity contribution in [1.82, 2.24) is 4.90 Å². The van der Waals surface area contributed by atoms with Crippen LogP contribution in [0, 0.1) is 0 Å². The molecule has 1 amide bonds. The molecule has 1 fully saturated rings.